The van der Waals surface area contributed by atoms with Crippen molar-refractivity contribution in [2.24, 2.45) is 11.3 Å². The molecule has 2 aliphatic rings. The third-order valence-electron chi connectivity index (χ3n) is 7.56. The van der Waals surface area contributed by atoms with Gasteiger partial charge in [0.15, 0.2) is 5.69 Å². The Kier molecular flexibility index (Phi) is 7.03. The van der Waals surface area contributed by atoms with Crippen molar-refractivity contribution in [3.8, 4) is 0 Å². The Morgan fingerprint density at radius 2 is 1.86 bits per heavy atom. The summed E-state index contributed by atoms with van der Waals surface area (Å²) in [7, 11) is 0. The van der Waals surface area contributed by atoms with Gasteiger partial charge in [-0.15, -0.1) is 0 Å². The molecule has 1 fully saturated rings. The fourth-order valence-corrected chi connectivity index (χ4v) is 5.50. The molecule has 7 nitrogen and oxygen atoms in total. The van der Waals surface area contributed by atoms with Gasteiger partial charge in [-0.1, -0.05) is 57.2 Å². The summed E-state index contributed by atoms with van der Waals surface area (Å²) in [6.07, 6.45) is 3.48. The molecule has 8 heteroatoms. The van der Waals surface area contributed by atoms with Gasteiger partial charge in [-0.25, -0.2) is 4.39 Å². The van der Waals surface area contributed by atoms with Crippen LogP contribution >= 0.6 is 0 Å². The van der Waals surface area contributed by atoms with Gasteiger partial charge in [0.2, 0.25) is 5.91 Å². The van der Waals surface area contributed by atoms with Crippen LogP contribution in [-0.4, -0.2) is 40.9 Å². The minimum atomic E-state index is -0.794. The van der Waals surface area contributed by atoms with Crippen molar-refractivity contribution < 1.29 is 18.7 Å². The Hall–Kier alpha value is -3.26. The lowest BCUT2D eigenvalue weighted by atomic mass is 9.85. The molecule has 0 bridgehead atoms. The summed E-state index contributed by atoms with van der Waals surface area (Å²) in [6.45, 7) is 7.62. The number of nitrogens with zero attached hydrogens (tertiary/aromatic N) is 2. The molecule has 2 heterocycles. The van der Waals surface area contributed by atoms with Crippen LogP contribution in [0.15, 0.2) is 42.5 Å². The second-order valence-electron chi connectivity index (χ2n) is 11.3. The molecule has 0 saturated carbocycles. The van der Waals surface area contributed by atoms with Crippen molar-refractivity contribution in [1.82, 2.24) is 20.4 Å². The largest absolute Gasteiger partial charge is 0.381 e. The smallest absolute Gasteiger partial charge is 0.273 e. The van der Waals surface area contributed by atoms with Crippen LogP contribution in [-0.2, 0) is 22.5 Å². The molecule has 1 aliphatic carbocycles. The first-order chi connectivity index (χ1) is 17.7. The molecule has 196 valence electrons. The van der Waals surface area contributed by atoms with Gasteiger partial charge in [0, 0.05) is 25.1 Å². The Morgan fingerprint density at radius 3 is 2.62 bits per heavy atom. The highest BCUT2D eigenvalue weighted by Gasteiger charge is 2.36. The summed E-state index contributed by atoms with van der Waals surface area (Å²) < 4.78 is 22.0. The number of hydrogen-bond donors (Lipinski definition) is 2. The van der Waals surface area contributed by atoms with Gasteiger partial charge < -0.3 is 15.4 Å². The predicted molar refractivity (Wildman–Crippen MR) is 140 cm³/mol. The number of aryl methyl sites for hydroxylation is 1. The first-order valence-electron chi connectivity index (χ1n) is 13.1. The fourth-order valence-electron chi connectivity index (χ4n) is 5.50. The highest BCUT2D eigenvalue weighted by atomic mass is 19.1. The minimum Gasteiger partial charge on any atom is -0.381 e. The van der Waals surface area contributed by atoms with E-state index in [1.54, 1.807) is 16.8 Å². The number of benzene rings is 2. The fraction of sp³-hybridized carbons (Fsp3) is 0.483. The number of fused-ring (bicyclic) bond motifs is 2. The first kappa shape index (κ1) is 25.4. The molecule has 5 rings (SSSR count). The van der Waals surface area contributed by atoms with E-state index in [1.165, 1.54) is 11.6 Å². The normalized spacial score (nSPS) is 19.0. The number of carbonyl (C=O) groups excluding carboxylic acids is 2. The predicted octanol–water partition coefficient (Wildman–Crippen LogP) is 4.55. The lowest BCUT2D eigenvalue weighted by molar-refractivity contribution is -0.126. The Labute approximate surface area is 216 Å². The molecule has 0 spiro atoms. The van der Waals surface area contributed by atoms with E-state index in [0.717, 1.165) is 31.2 Å². The highest BCUT2D eigenvalue weighted by molar-refractivity contribution is 6.06. The van der Waals surface area contributed by atoms with Gasteiger partial charge in [0.1, 0.15) is 17.4 Å². The molecule has 1 aliphatic heterocycles. The average molecular weight is 507 g/mol. The molecular formula is C29H35FN4O3. The summed E-state index contributed by atoms with van der Waals surface area (Å²) in [5.74, 6) is -0.834. The summed E-state index contributed by atoms with van der Waals surface area (Å²) in [6, 6.07) is 11.9. The molecule has 1 aromatic heterocycles. The van der Waals surface area contributed by atoms with Gasteiger partial charge in [0.25, 0.3) is 5.91 Å². The summed E-state index contributed by atoms with van der Waals surface area (Å²) in [5.41, 5.74) is 2.27. The SMILES string of the molecule is CC(C)(C)[C@H](NC(=O)c1nn(CC2CCOCC2)c2c(F)cccc12)C(=O)N[C@@H]1CCc2ccccc21. The first-order valence-corrected chi connectivity index (χ1v) is 13.1. The van der Waals surface area contributed by atoms with E-state index in [9.17, 15) is 14.0 Å². The maximum Gasteiger partial charge on any atom is 0.273 e. The van der Waals surface area contributed by atoms with E-state index in [0.29, 0.717) is 36.6 Å². The second kappa shape index (κ2) is 10.2. The number of rotatable bonds is 6. The lowest BCUT2D eigenvalue weighted by Crippen LogP contribution is -2.54. The van der Waals surface area contributed by atoms with Gasteiger partial charge >= 0.3 is 0 Å². The van der Waals surface area contributed by atoms with E-state index >= 15 is 0 Å². The number of aromatic nitrogens is 2. The van der Waals surface area contributed by atoms with E-state index in [2.05, 4.69) is 21.8 Å². The number of carbonyl (C=O) groups is 2. The van der Waals surface area contributed by atoms with Crippen LogP contribution in [0.3, 0.4) is 0 Å². The molecule has 0 unspecified atom stereocenters. The monoisotopic (exact) mass is 506 g/mol. The molecule has 2 N–H and O–H groups in total. The zero-order valence-corrected chi connectivity index (χ0v) is 21.7. The standard InChI is InChI=1S/C29H35FN4O3/c1-29(2,3)26(28(36)31-23-12-11-19-7-4-5-8-20(19)23)32-27(35)24-21-9-6-10-22(30)25(21)34(33-24)17-18-13-15-37-16-14-18/h4-10,18,23,26H,11-17H2,1-3H3,(H,31,36)(H,32,35)/t23-,26-/m1/s1. The van der Waals surface area contributed by atoms with Crippen molar-refractivity contribution in [2.45, 2.75) is 65.1 Å². The van der Waals surface area contributed by atoms with Crippen molar-refractivity contribution in [3.63, 3.8) is 0 Å². The van der Waals surface area contributed by atoms with Crippen LogP contribution in [0.1, 0.15) is 67.7 Å². The summed E-state index contributed by atoms with van der Waals surface area (Å²) in [4.78, 5) is 27.0. The average Bonchev–Trinajstić information content (AvgIpc) is 3.45. The minimum absolute atomic E-state index is 0.0842. The van der Waals surface area contributed by atoms with Crippen molar-refractivity contribution in [2.75, 3.05) is 13.2 Å². The maximum atomic E-state index is 14.9. The van der Waals surface area contributed by atoms with Crippen LogP contribution in [0.5, 0.6) is 0 Å². The summed E-state index contributed by atoms with van der Waals surface area (Å²) in [5, 5.41) is 11.1. The van der Waals surface area contributed by atoms with Crippen LogP contribution in [0.2, 0.25) is 0 Å². The number of halogens is 1. The highest BCUT2D eigenvalue weighted by Crippen LogP contribution is 2.32. The van der Waals surface area contributed by atoms with Gasteiger partial charge in [-0.2, -0.15) is 5.10 Å². The van der Waals surface area contributed by atoms with Crippen molar-refractivity contribution in [1.29, 1.82) is 0 Å². The maximum absolute atomic E-state index is 14.9. The lowest BCUT2D eigenvalue weighted by Gasteiger charge is -2.31. The molecule has 37 heavy (non-hydrogen) atoms. The van der Waals surface area contributed by atoms with Crippen LogP contribution in [0.25, 0.3) is 10.9 Å². The molecule has 2 amide bonds. The Balaban J connectivity index is 1.39. The quantitative estimate of drug-likeness (QED) is 0.514. The van der Waals surface area contributed by atoms with Crippen molar-refractivity contribution in [3.05, 3.63) is 65.1 Å². The number of para-hydroxylation sites is 1. The summed E-state index contributed by atoms with van der Waals surface area (Å²) >= 11 is 0. The third-order valence-corrected chi connectivity index (χ3v) is 7.56. The van der Waals surface area contributed by atoms with E-state index in [-0.39, 0.29) is 17.6 Å². The van der Waals surface area contributed by atoms with Crippen LogP contribution < -0.4 is 10.6 Å². The van der Waals surface area contributed by atoms with E-state index < -0.39 is 23.2 Å². The number of hydrogen-bond acceptors (Lipinski definition) is 4. The topological polar surface area (TPSA) is 85.2 Å². The molecule has 2 aromatic carbocycles. The molecule has 3 aromatic rings. The second-order valence-corrected chi connectivity index (χ2v) is 11.3. The Morgan fingerprint density at radius 1 is 1.11 bits per heavy atom. The number of amides is 2. The zero-order chi connectivity index (χ0) is 26.2. The Bertz CT molecular complexity index is 1310. The van der Waals surface area contributed by atoms with Crippen LogP contribution in [0.4, 0.5) is 4.39 Å². The molecule has 2 atom stereocenters. The van der Waals surface area contributed by atoms with Crippen molar-refractivity contribution >= 4 is 22.7 Å². The van der Waals surface area contributed by atoms with E-state index in [1.807, 2.05) is 39.0 Å². The van der Waals surface area contributed by atoms with Gasteiger partial charge in [-0.3, -0.25) is 14.3 Å². The number of ether oxygens (including phenoxy) is 1. The van der Waals surface area contributed by atoms with E-state index in [4.69, 9.17) is 4.74 Å². The molecule has 1 saturated heterocycles. The third kappa shape index (κ3) is 5.25. The number of nitrogens with one attached hydrogen (secondary N) is 2. The molecule has 0 radical (unpaired) electrons. The van der Waals surface area contributed by atoms with Gasteiger partial charge in [-0.05, 0) is 54.2 Å². The van der Waals surface area contributed by atoms with Gasteiger partial charge in [0.05, 0.1) is 6.04 Å². The molecular weight excluding hydrogens is 471 g/mol. The zero-order valence-electron chi connectivity index (χ0n) is 21.7. The van der Waals surface area contributed by atoms with Crippen LogP contribution in [0, 0.1) is 17.2 Å².